The number of hydrogen-bond donors (Lipinski definition) is 3. The third-order valence-corrected chi connectivity index (χ3v) is 2.42. The standard InChI is InChI=1S/C12H8F3N5/c13-7-1-2-10(6(3-7)5-16)18-11-8(14)4-9(15)12(19-11)20-17/h1-4H,17H2,(H2,18,19,20). The van der Waals surface area contributed by atoms with Crippen LogP contribution < -0.4 is 16.6 Å². The van der Waals surface area contributed by atoms with Crippen molar-refractivity contribution < 1.29 is 13.2 Å². The maximum absolute atomic E-state index is 13.6. The molecule has 0 aliphatic carbocycles. The lowest BCUT2D eigenvalue weighted by atomic mass is 10.2. The van der Waals surface area contributed by atoms with Crippen molar-refractivity contribution in [2.24, 2.45) is 5.84 Å². The Morgan fingerprint density at radius 1 is 1.10 bits per heavy atom. The molecule has 0 aliphatic heterocycles. The molecule has 0 atom stereocenters. The highest BCUT2D eigenvalue weighted by molar-refractivity contribution is 5.65. The van der Waals surface area contributed by atoms with E-state index in [-0.39, 0.29) is 22.9 Å². The molecule has 20 heavy (non-hydrogen) atoms. The molecular weight excluding hydrogens is 271 g/mol. The number of halogens is 3. The number of anilines is 3. The molecule has 0 saturated carbocycles. The van der Waals surface area contributed by atoms with E-state index in [0.29, 0.717) is 6.07 Å². The van der Waals surface area contributed by atoms with Crippen LogP contribution in [0.4, 0.5) is 30.5 Å². The molecule has 102 valence electrons. The molecule has 2 rings (SSSR count). The van der Waals surface area contributed by atoms with Crippen molar-refractivity contribution in [1.29, 1.82) is 5.26 Å². The van der Waals surface area contributed by atoms with Crippen molar-refractivity contribution in [3.05, 3.63) is 47.3 Å². The molecule has 0 bridgehead atoms. The van der Waals surface area contributed by atoms with E-state index in [4.69, 9.17) is 11.1 Å². The van der Waals surface area contributed by atoms with Crippen LogP contribution >= 0.6 is 0 Å². The Labute approximate surface area is 111 Å². The first-order valence-corrected chi connectivity index (χ1v) is 5.34. The molecule has 0 radical (unpaired) electrons. The molecule has 5 nitrogen and oxygen atoms in total. The van der Waals surface area contributed by atoms with Crippen LogP contribution in [0.3, 0.4) is 0 Å². The zero-order valence-corrected chi connectivity index (χ0v) is 9.92. The van der Waals surface area contributed by atoms with Gasteiger partial charge in [-0.05, 0) is 18.2 Å². The van der Waals surface area contributed by atoms with Gasteiger partial charge in [0.25, 0.3) is 0 Å². The molecule has 8 heteroatoms. The fraction of sp³-hybridized carbons (Fsp3) is 0. The summed E-state index contributed by atoms with van der Waals surface area (Å²) < 4.78 is 39.7. The van der Waals surface area contributed by atoms with Gasteiger partial charge in [0, 0.05) is 6.07 Å². The quantitative estimate of drug-likeness (QED) is 0.593. The van der Waals surface area contributed by atoms with Crippen LogP contribution in [0.15, 0.2) is 24.3 Å². The number of aromatic nitrogens is 1. The van der Waals surface area contributed by atoms with Gasteiger partial charge in [0.15, 0.2) is 23.3 Å². The minimum Gasteiger partial charge on any atom is -0.337 e. The van der Waals surface area contributed by atoms with Crippen LogP contribution in [-0.4, -0.2) is 4.98 Å². The van der Waals surface area contributed by atoms with Gasteiger partial charge in [-0.3, -0.25) is 0 Å². The molecule has 4 N–H and O–H groups in total. The van der Waals surface area contributed by atoms with Gasteiger partial charge < -0.3 is 10.7 Å². The number of nitrogens with two attached hydrogens (primary N) is 1. The van der Waals surface area contributed by atoms with Crippen molar-refractivity contribution in [3.8, 4) is 6.07 Å². The van der Waals surface area contributed by atoms with Crippen molar-refractivity contribution in [1.82, 2.24) is 4.98 Å². The van der Waals surface area contributed by atoms with Crippen LogP contribution in [0.2, 0.25) is 0 Å². The van der Waals surface area contributed by atoms with Gasteiger partial charge in [0.2, 0.25) is 0 Å². The fourth-order valence-corrected chi connectivity index (χ4v) is 1.50. The van der Waals surface area contributed by atoms with Gasteiger partial charge in [-0.15, -0.1) is 0 Å². The van der Waals surface area contributed by atoms with E-state index in [1.165, 1.54) is 6.07 Å². The number of rotatable bonds is 3. The molecule has 1 aromatic heterocycles. The summed E-state index contributed by atoms with van der Waals surface area (Å²) in [6.07, 6.45) is 0. The number of hydrogen-bond acceptors (Lipinski definition) is 5. The van der Waals surface area contributed by atoms with Crippen LogP contribution in [0, 0.1) is 28.8 Å². The van der Waals surface area contributed by atoms with E-state index in [1.807, 2.05) is 5.43 Å². The average Bonchev–Trinajstić information content (AvgIpc) is 2.43. The van der Waals surface area contributed by atoms with E-state index in [9.17, 15) is 13.2 Å². The summed E-state index contributed by atoms with van der Waals surface area (Å²) in [5, 5.41) is 11.4. The van der Waals surface area contributed by atoms with Crippen molar-refractivity contribution >= 4 is 17.3 Å². The number of pyridine rings is 1. The molecular formula is C12H8F3N5. The van der Waals surface area contributed by atoms with Gasteiger partial charge in [0.05, 0.1) is 11.3 Å². The Balaban J connectivity index is 2.43. The van der Waals surface area contributed by atoms with Gasteiger partial charge in [-0.2, -0.15) is 5.26 Å². The van der Waals surface area contributed by atoms with Gasteiger partial charge in [-0.1, -0.05) is 0 Å². The molecule has 0 saturated heterocycles. The molecule has 0 amide bonds. The SMILES string of the molecule is N#Cc1cc(F)ccc1Nc1nc(NN)c(F)cc1F. The number of nitriles is 1. The Hall–Kier alpha value is -2.79. The highest BCUT2D eigenvalue weighted by atomic mass is 19.1. The predicted octanol–water partition coefficient (Wildman–Crippen LogP) is 2.40. The van der Waals surface area contributed by atoms with Gasteiger partial charge in [0.1, 0.15) is 11.9 Å². The monoisotopic (exact) mass is 279 g/mol. The Morgan fingerprint density at radius 3 is 2.45 bits per heavy atom. The van der Waals surface area contributed by atoms with E-state index < -0.39 is 17.5 Å². The number of nitrogen functional groups attached to an aromatic ring is 1. The first-order chi connectivity index (χ1) is 9.55. The maximum atomic E-state index is 13.6. The molecule has 0 spiro atoms. The molecule has 0 aliphatic rings. The fourth-order valence-electron chi connectivity index (χ4n) is 1.50. The summed E-state index contributed by atoms with van der Waals surface area (Å²) in [6.45, 7) is 0. The number of benzene rings is 1. The second kappa shape index (κ2) is 5.46. The van der Waals surface area contributed by atoms with Crippen LogP contribution in [-0.2, 0) is 0 Å². The first-order valence-electron chi connectivity index (χ1n) is 5.34. The predicted molar refractivity (Wildman–Crippen MR) is 66.4 cm³/mol. The Kier molecular flexibility index (Phi) is 3.72. The zero-order chi connectivity index (χ0) is 14.7. The van der Waals surface area contributed by atoms with E-state index in [2.05, 4.69) is 10.3 Å². The molecule has 0 unspecified atom stereocenters. The summed E-state index contributed by atoms with van der Waals surface area (Å²) in [5.74, 6) is 1.78. The smallest absolute Gasteiger partial charge is 0.178 e. The third kappa shape index (κ3) is 2.62. The van der Waals surface area contributed by atoms with E-state index >= 15 is 0 Å². The summed E-state index contributed by atoms with van der Waals surface area (Å²) in [7, 11) is 0. The average molecular weight is 279 g/mol. The largest absolute Gasteiger partial charge is 0.337 e. The van der Waals surface area contributed by atoms with Gasteiger partial charge in [-0.25, -0.2) is 24.0 Å². The topological polar surface area (TPSA) is 86.8 Å². The summed E-state index contributed by atoms with van der Waals surface area (Å²) in [6, 6.07) is 5.64. The minimum absolute atomic E-state index is 0.0437. The van der Waals surface area contributed by atoms with Crippen LogP contribution in [0.1, 0.15) is 5.56 Å². The lowest BCUT2D eigenvalue weighted by Crippen LogP contribution is -2.12. The lowest BCUT2D eigenvalue weighted by molar-refractivity contribution is 0.579. The minimum atomic E-state index is -0.977. The number of hydrazine groups is 1. The molecule has 0 fully saturated rings. The second-order valence-corrected chi connectivity index (χ2v) is 3.72. The normalized spacial score (nSPS) is 9.95. The van der Waals surface area contributed by atoms with Crippen molar-refractivity contribution in [2.45, 2.75) is 0 Å². The summed E-state index contributed by atoms with van der Waals surface area (Å²) in [4.78, 5) is 3.58. The van der Waals surface area contributed by atoms with Crippen LogP contribution in [0.5, 0.6) is 0 Å². The number of nitrogens with one attached hydrogen (secondary N) is 2. The van der Waals surface area contributed by atoms with Crippen LogP contribution in [0.25, 0.3) is 0 Å². The molecule has 1 heterocycles. The second-order valence-electron chi connectivity index (χ2n) is 3.72. The zero-order valence-electron chi connectivity index (χ0n) is 9.92. The Morgan fingerprint density at radius 2 is 1.80 bits per heavy atom. The van der Waals surface area contributed by atoms with Gasteiger partial charge >= 0.3 is 0 Å². The van der Waals surface area contributed by atoms with Crippen molar-refractivity contribution in [2.75, 3.05) is 10.7 Å². The lowest BCUT2D eigenvalue weighted by Gasteiger charge is -2.10. The molecule has 1 aromatic carbocycles. The number of nitrogens with zero attached hydrogens (tertiary/aromatic N) is 2. The highest BCUT2D eigenvalue weighted by Crippen LogP contribution is 2.24. The van der Waals surface area contributed by atoms with Crippen molar-refractivity contribution in [3.63, 3.8) is 0 Å². The summed E-state index contributed by atoms with van der Waals surface area (Å²) in [5.41, 5.74) is 2.06. The van der Waals surface area contributed by atoms with E-state index in [1.54, 1.807) is 6.07 Å². The molecule has 2 aromatic rings. The highest BCUT2D eigenvalue weighted by Gasteiger charge is 2.13. The maximum Gasteiger partial charge on any atom is 0.178 e. The Bertz CT molecular complexity index is 696. The first kappa shape index (κ1) is 13.6. The third-order valence-electron chi connectivity index (χ3n) is 2.42. The van der Waals surface area contributed by atoms with E-state index in [0.717, 1.165) is 12.1 Å². The summed E-state index contributed by atoms with van der Waals surface area (Å²) >= 11 is 0.